The van der Waals surface area contributed by atoms with E-state index in [0.29, 0.717) is 5.69 Å². The topological polar surface area (TPSA) is 74.5 Å². The molecule has 0 aromatic heterocycles. The van der Waals surface area contributed by atoms with Gasteiger partial charge < -0.3 is 5.73 Å². The van der Waals surface area contributed by atoms with Gasteiger partial charge >= 0.3 is 0 Å². The van der Waals surface area contributed by atoms with Crippen molar-refractivity contribution in [3.8, 4) is 6.07 Å². The molecule has 0 aliphatic rings. The first kappa shape index (κ1) is 10.3. The van der Waals surface area contributed by atoms with Crippen molar-refractivity contribution in [1.29, 1.82) is 5.26 Å². The molecule has 1 unspecified atom stereocenters. The molecule has 70 valence electrons. The monoisotopic (exact) mass is 204 g/mol. The second-order valence-corrected chi connectivity index (χ2v) is 2.96. The van der Waals surface area contributed by atoms with E-state index in [1.54, 1.807) is 12.1 Å². The molecule has 1 atom stereocenters. The first-order valence-electron chi connectivity index (χ1n) is 3.89. The predicted molar refractivity (Wildman–Crippen MR) is 57.1 cm³/mol. The third kappa shape index (κ3) is 2.92. The largest absolute Gasteiger partial charge is 0.391 e. The minimum atomic E-state index is -0.842. The quantitative estimate of drug-likeness (QED) is 0.604. The van der Waals surface area contributed by atoms with Crippen molar-refractivity contribution in [1.82, 2.24) is 0 Å². The van der Waals surface area contributed by atoms with Crippen LogP contribution < -0.4 is 5.73 Å². The maximum atomic E-state index is 8.60. The van der Waals surface area contributed by atoms with Crippen LogP contribution in [0.25, 0.3) is 0 Å². The molecule has 0 amide bonds. The van der Waals surface area contributed by atoms with Crippen molar-refractivity contribution in [3.63, 3.8) is 0 Å². The number of nitrogens with two attached hydrogens (primary N) is 1. The number of hydrogen-bond acceptors (Lipinski definition) is 4. The molecule has 4 nitrogen and oxygen atoms in total. The summed E-state index contributed by atoms with van der Waals surface area (Å²) < 4.78 is 0. The minimum absolute atomic E-state index is 0.0344. The molecule has 0 saturated heterocycles. The molecule has 2 N–H and O–H groups in total. The first-order chi connectivity index (χ1) is 6.74. The molecule has 0 aliphatic heterocycles. The Balaban J connectivity index is 2.74. The highest BCUT2D eigenvalue weighted by molar-refractivity contribution is 7.80. The van der Waals surface area contributed by atoms with Crippen LogP contribution in [0.2, 0.25) is 0 Å². The Hall–Kier alpha value is -1.80. The van der Waals surface area contributed by atoms with Crippen molar-refractivity contribution in [3.05, 3.63) is 30.3 Å². The molecule has 0 heterocycles. The van der Waals surface area contributed by atoms with Gasteiger partial charge in [-0.2, -0.15) is 15.5 Å². The van der Waals surface area contributed by atoms with Gasteiger partial charge in [-0.05, 0) is 12.1 Å². The Morgan fingerprint density at radius 1 is 1.43 bits per heavy atom. The van der Waals surface area contributed by atoms with Crippen LogP contribution in [-0.2, 0) is 0 Å². The zero-order valence-electron chi connectivity index (χ0n) is 7.29. The van der Waals surface area contributed by atoms with E-state index in [1.807, 2.05) is 24.3 Å². The molecular weight excluding hydrogens is 196 g/mol. The van der Waals surface area contributed by atoms with Crippen LogP contribution in [0.5, 0.6) is 0 Å². The third-order valence-corrected chi connectivity index (χ3v) is 1.66. The van der Waals surface area contributed by atoms with Crippen LogP contribution in [0.3, 0.4) is 0 Å². The Morgan fingerprint density at radius 3 is 2.57 bits per heavy atom. The first-order valence-corrected chi connectivity index (χ1v) is 4.29. The maximum absolute atomic E-state index is 8.60. The molecule has 0 fully saturated rings. The highest BCUT2D eigenvalue weighted by atomic mass is 32.1. The van der Waals surface area contributed by atoms with E-state index in [1.165, 1.54) is 0 Å². The van der Waals surface area contributed by atoms with Gasteiger partial charge in [0.1, 0.15) is 4.99 Å². The van der Waals surface area contributed by atoms with Crippen LogP contribution in [0.15, 0.2) is 40.6 Å². The summed E-state index contributed by atoms with van der Waals surface area (Å²) >= 11 is 4.63. The lowest BCUT2D eigenvalue weighted by molar-refractivity contribution is 0.979. The molecule has 0 spiro atoms. The van der Waals surface area contributed by atoms with Gasteiger partial charge in [-0.25, -0.2) is 0 Å². The predicted octanol–water partition coefficient (Wildman–Crippen LogP) is 1.95. The van der Waals surface area contributed by atoms with Crippen molar-refractivity contribution < 1.29 is 0 Å². The van der Waals surface area contributed by atoms with Gasteiger partial charge in [-0.1, -0.05) is 30.4 Å². The highest BCUT2D eigenvalue weighted by Crippen LogP contribution is 2.10. The number of rotatable bonds is 3. The van der Waals surface area contributed by atoms with E-state index in [4.69, 9.17) is 11.0 Å². The van der Waals surface area contributed by atoms with E-state index in [-0.39, 0.29) is 4.99 Å². The minimum Gasteiger partial charge on any atom is -0.391 e. The second kappa shape index (κ2) is 5.04. The molecule has 0 bridgehead atoms. The Morgan fingerprint density at radius 2 is 2.07 bits per heavy atom. The van der Waals surface area contributed by atoms with E-state index in [9.17, 15) is 0 Å². The summed E-state index contributed by atoms with van der Waals surface area (Å²) in [6.45, 7) is 0. The number of hydrogen-bond donors (Lipinski definition) is 1. The normalized spacial score (nSPS) is 12.2. The van der Waals surface area contributed by atoms with Crippen molar-refractivity contribution >= 4 is 22.9 Å². The average Bonchev–Trinajstić information content (AvgIpc) is 2.20. The Labute approximate surface area is 87.1 Å². The van der Waals surface area contributed by atoms with Crippen LogP contribution in [0, 0.1) is 11.3 Å². The van der Waals surface area contributed by atoms with Crippen LogP contribution in [0.1, 0.15) is 0 Å². The number of nitriles is 1. The van der Waals surface area contributed by atoms with Gasteiger partial charge in [0.15, 0.2) is 0 Å². The lowest BCUT2D eigenvalue weighted by Gasteiger charge is -1.97. The summed E-state index contributed by atoms with van der Waals surface area (Å²) in [5.74, 6) is 0. The Kier molecular flexibility index (Phi) is 3.70. The average molecular weight is 204 g/mol. The molecule has 0 aliphatic carbocycles. The summed E-state index contributed by atoms with van der Waals surface area (Å²) in [4.78, 5) is 0.0344. The number of benzene rings is 1. The zero-order chi connectivity index (χ0) is 10.4. The standard InChI is InChI=1S/C9H8N4S/c10-6-8(9(11)14)13-12-7-4-2-1-3-5-7/h1-5,8H,(H2,11,14). The number of thiocarbonyl (C=S) groups is 1. The molecular formula is C9H8N4S. The molecule has 1 aromatic rings. The molecule has 0 radical (unpaired) electrons. The van der Waals surface area contributed by atoms with Gasteiger partial charge in [-0.3, -0.25) is 0 Å². The van der Waals surface area contributed by atoms with Crippen molar-refractivity contribution in [2.75, 3.05) is 0 Å². The van der Waals surface area contributed by atoms with Gasteiger partial charge in [-0.15, -0.1) is 0 Å². The summed E-state index contributed by atoms with van der Waals surface area (Å²) in [5, 5.41) is 16.1. The summed E-state index contributed by atoms with van der Waals surface area (Å²) in [6, 6.07) is 10.1. The van der Waals surface area contributed by atoms with Crippen LogP contribution in [-0.4, -0.2) is 11.0 Å². The van der Waals surface area contributed by atoms with Crippen molar-refractivity contribution in [2.45, 2.75) is 6.04 Å². The van der Waals surface area contributed by atoms with Gasteiger partial charge in [0.05, 0.1) is 11.8 Å². The number of nitrogens with zero attached hydrogens (tertiary/aromatic N) is 3. The SMILES string of the molecule is N#CC(N=Nc1ccccc1)C(N)=S. The highest BCUT2D eigenvalue weighted by Gasteiger charge is 2.07. The molecule has 0 saturated carbocycles. The zero-order valence-corrected chi connectivity index (χ0v) is 8.11. The Bertz CT molecular complexity index is 380. The van der Waals surface area contributed by atoms with Gasteiger partial charge in [0.25, 0.3) is 0 Å². The lowest BCUT2D eigenvalue weighted by atomic mass is 10.3. The number of azo groups is 1. The molecule has 5 heteroatoms. The lowest BCUT2D eigenvalue weighted by Crippen LogP contribution is -2.22. The van der Waals surface area contributed by atoms with E-state index < -0.39 is 6.04 Å². The van der Waals surface area contributed by atoms with Gasteiger partial charge in [0.2, 0.25) is 6.04 Å². The fourth-order valence-electron chi connectivity index (χ4n) is 0.765. The maximum Gasteiger partial charge on any atom is 0.206 e. The summed E-state index contributed by atoms with van der Waals surface area (Å²) in [6.07, 6.45) is 0. The van der Waals surface area contributed by atoms with Crippen LogP contribution in [0.4, 0.5) is 5.69 Å². The van der Waals surface area contributed by atoms with Crippen molar-refractivity contribution in [2.24, 2.45) is 16.0 Å². The summed E-state index contributed by atoms with van der Waals surface area (Å²) in [7, 11) is 0. The van der Waals surface area contributed by atoms with Crippen LogP contribution >= 0.6 is 12.2 Å². The fraction of sp³-hybridized carbons (Fsp3) is 0.111. The molecule has 14 heavy (non-hydrogen) atoms. The molecule has 1 aromatic carbocycles. The third-order valence-electron chi connectivity index (χ3n) is 1.44. The second-order valence-electron chi connectivity index (χ2n) is 2.49. The summed E-state index contributed by atoms with van der Waals surface area (Å²) in [5.41, 5.74) is 5.94. The smallest absolute Gasteiger partial charge is 0.206 e. The molecule has 1 rings (SSSR count). The van der Waals surface area contributed by atoms with E-state index in [0.717, 1.165) is 0 Å². The fourth-order valence-corrected chi connectivity index (χ4v) is 0.865. The van der Waals surface area contributed by atoms with Gasteiger partial charge in [0, 0.05) is 0 Å². The van der Waals surface area contributed by atoms with E-state index in [2.05, 4.69) is 22.4 Å². The van der Waals surface area contributed by atoms with E-state index >= 15 is 0 Å².